The van der Waals surface area contributed by atoms with Gasteiger partial charge >= 0.3 is 0 Å². The lowest BCUT2D eigenvalue weighted by atomic mass is 10.3. The number of fused-ring (bicyclic) bond motifs is 1. The molecule has 3 aromatic rings. The summed E-state index contributed by atoms with van der Waals surface area (Å²) >= 11 is 9.22. The lowest BCUT2D eigenvalue weighted by Gasteiger charge is -2.08. The zero-order valence-corrected chi connectivity index (χ0v) is 14.3. The minimum Gasteiger partial charge on any atom is -0.323 e. The maximum atomic E-state index is 12.5. The average Bonchev–Trinajstić information content (AvgIpc) is 2.79. The topological polar surface area (TPSA) is 81.8 Å². The van der Waals surface area contributed by atoms with Gasteiger partial charge in [-0.25, -0.2) is 9.67 Å². The second kappa shape index (κ2) is 6.13. The van der Waals surface area contributed by atoms with Gasteiger partial charge in [-0.1, -0.05) is 23.7 Å². The monoisotopic (exact) mass is 395 g/mol. The van der Waals surface area contributed by atoms with Gasteiger partial charge in [0.25, 0.3) is 5.56 Å². The number of hydrogen-bond acceptors (Lipinski definition) is 4. The van der Waals surface area contributed by atoms with Crippen molar-refractivity contribution in [1.29, 1.82) is 0 Å². The van der Waals surface area contributed by atoms with Gasteiger partial charge < -0.3 is 5.32 Å². The number of aryl methyl sites for hydroxylation is 1. The van der Waals surface area contributed by atoms with Gasteiger partial charge in [-0.3, -0.25) is 14.2 Å². The van der Waals surface area contributed by atoms with Gasteiger partial charge in [0.2, 0.25) is 5.91 Å². The number of carbonyl (C=O) groups excluding carboxylic acids is 1. The third-order valence-corrected chi connectivity index (χ3v) is 4.11. The van der Waals surface area contributed by atoms with Crippen molar-refractivity contribution in [2.24, 2.45) is 7.05 Å². The number of nitrogens with zero attached hydrogens (tertiary/aromatic N) is 4. The average molecular weight is 397 g/mol. The number of halogens is 2. The zero-order chi connectivity index (χ0) is 16.6. The van der Waals surface area contributed by atoms with Crippen LogP contribution in [0.1, 0.15) is 0 Å². The molecule has 0 fully saturated rings. The molecule has 118 valence electrons. The number of aromatic nitrogens is 4. The van der Waals surface area contributed by atoms with E-state index in [2.05, 4.69) is 31.3 Å². The van der Waals surface area contributed by atoms with Crippen LogP contribution in [0.4, 0.5) is 5.69 Å². The van der Waals surface area contributed by atoms with Crippen LogP contribution in [0, 0.1) is 0 Å². The van der Waals surface area contributed by atoms with Crippen LogP contribution >= 0.6 is 27.5 Å². The SMILES string of the molecule is Cn1nc(Br)c2c(=O)n(CC(=O)Nc3ccccc3Cl)cnc21. The Hall–Kier alpha value is -2.19. The second-order valence-corrected chi connectivity index (χ2v) is 5.98. The van der Waals surface area contributed by atoms with Gasteiger partial charge in [0.1, 0.15) is 22.9 Å². The summed E-state index contributed by atoms with van der Waals surface area (Å²) in [5, 5.41) is 7.51. The molecule has 1 amide bonds. The molecular formula is C14H11BrClN5O2. The van der Waals surface area contributed by atoms with Crippen LogP contribution in [0.2, 0.25) is 5.02 Å². The van der Waals surface area contributed by atoms with Gasteiger partial charge in [0, 0.05) is 7.05 Å². The number of anilines is 1. The highest BCUT2D eigenvalue weighted by Crippen LogP contribution is 2.20. The first-order valence-electron chi connectivity index (χ1n) is 6.59. The predicted molar refractivity (Wildman–Crippen MR) is 90.6 cm³/mol. The van der Waals surface area contributed by atoms with Crippen LogP contribution < -0.4 is 10.9 Å². The summed E-state index contributed by atoms with van der Waals surface area (Å²) in [7, 11) is 1.69. The first kappa shape index (κ1) is 15.7. The van der Waals surface area contributed by atoms with Crippen LogP contribution in [0.25, 0.3) is 11.0 Å². The molecule has 7 nitrogen and oxygen atoms in total. The molecule has 2 heterocycles. The second-order valence-electron chi connectivity index (χ2n) is 4.82. The molecule has 1 aromatic carbocycles. The fourth-order valence-electron chi connectivity index (χ4n) is 2.16. The first-order valence-corrected chi connectivity index (χ1v) is 7.76. The fourth-order valence-corrected chi connectivity index (χ4v) is 2.92. The van der Waals surface area contributed by atoms with E-state index in [4.69, 9.17) is 11.6 Å². The minimum absolute atomic E-state index is 0.172. The first-order chi connectivity index (χ1) is 11.0. The van der Waals surface area contributed by atoms with Gasteiger partial charge in [-0.2, -0.15) is 5.10 Å². The summed E-state index contributed by atoms with van der Waals surface area (Å²) < 4.78 is 3.11. The summed E-state index contributed by atoms with van der Waals surface area (Å²) in [6.45, 7) is -0.172. The van der Waals surface area contributed by atoms with Crippen molar-refractivity contribution in [2.45, 2.75) is 6.54 Å². The molecule has 0 unspecified atom stereocenters. The molecule has 23 heavy (non-hydrogen) atoms. The van der Waals surface area contributed by atoms with Crippen molar-refractivity contribution in [3.05, 3.63) is 50.6 Å². The maximum absolute atomic E-state index is 12.5. The van der Waals surface area contributed by atoms with Crippen molar-refractivity contribution in [3.63, 3.8) is 0 Å². The van der Waals surface area contributed by atoms with E-state index in [0.29, 0.717) is 26.3 Å². The Morgan fingerprint density at radius 2 is 2.13 bits per heavy atom. The summed E-state index contributed by atoms with van der Waals surface area (Å²) in [4.78, 5) is 28.7. The summed E-state index contributed by atoms with van der Waals surface area (Å²) in [6.07, 6.45) is 1.32. The lowest BCUT2D eigenvalue weighted by molar-refractivity contribution is -0.116. The third-order valence-electron chi connectivity index (χ3n) is 3.23. The molecule has 0 bridgehead atoms. The largest absolute Gasteiger partial charge is 0.323 e. The van der Waals surface area contributed by atoms with E-state index in [1.54, 1.807) is 31.3 Å². The van der Waals surface area contributed by atoms with Gasteiger partial charge in [0.15, 0.2) is 5.65 Å². The lowest BCUT2D eigenvalue weighted by Crippen LogP contribution is -2.28. The molecule has 0 aliphatic heterocycles. The molecule has 0 saturated carbocycles. The molecule has 0 spiro atoms. The molecule has 0 radical (unpaired) electrons. The van der Waals surface area contributed by atoms with E-state index in [0.717, 1.165) is 0 Å². The number of nitrogens with one attached hydrogen (secondary N) is 1. The van der Waals surface area contributed by atoms with E-state index < -0.39 is 0 Å². The third kappa shape index (κ3) is 2.99. The smallest absolute Gasteiger partial charge is 0.266 e. The van der Waals surface area contributed by atoms with E-state index >= 15 is 0 Å². The highest BCUT2D eigenvalue weighted by molar-refractivity contribution is 9.10. The number of hydrogen-bond donors (Lipinski definition) is 1. The van der Waals surface area contributed by atoms with E-state index in [1.807, 2.05) is 0 Å². The highest BCUT2D eigenvalue weighted by Gasteiger charge is 2.15. The number of benzene rings is 1. The summed E-state index contributed by atoms with van der Waals surface area (Å²) in [6, 6.07) is 6.88. The van der Waals surface area contributed by atoms with Crippen molar-refractivity contribution in [1.82, 2.24) is 19.3 Å². The van der Waals surface area contributed by atoms with E-state index in [1.165, 1.54) is 15.6 Å². The molecule has 0 aliphatic rings. The normalized spacial score (nSPS) is 10.9. The number of carbonyl (C=O) groups is 1. The van der Waals surface area contributed by atoms with Gasteiger partial charge in [0.05, 0.1) is 10.7 Å². The van der Waals surface area contributed by atoms with Crippen LogP contribution in [0.5, 0.6) is 0 Å². The van der Waals surface area contributed by atoms with Crippen molar-refractivity contribution < 1.29 is 4.79 Å². The van der Waals surface area contributed by atoms with Crippen LogP contribution in [0.15, 0.2) is 40.0 Å². The molecule has 0 aliphatic carbocycles. The van der Waals surface area contributed by atoms with E-state index in [9.17, 15) is 9.59 Å². The van der Waals surface area contributed by atoms with Gasteiger partial charge in [-0.05, 0) is 28.1 Å². The quantitative estimate of drug-likeness (QED) is 0.736. The van der Waals surface area contributed by atoms with E-state index in [-0.39, 0.29) is 18.0 Å². The van der Waals surface area contributed by atoms with Crippen LogP contribution in [0.3, 0.4) is 0 Å². The maximum Gasteiger partial charge on any atom is 0.266 e. The number of para-hydroxylation sites is 1. The molecule has 2 aromatic heterocycles. The highest BCUT2D eigenvalue weighted by atomic mass is 79.9. The Bertz CT molecular complexity index is 965. The van der Waals surface area contributed by atoms with Crippen LogP contribution in [-0.4, -0.2) is 25.2 Å². The van der Waals surface area contributed by atoms with Crippen molar-refractivity contribution in [2.75, 3.05) is 5.32 Å². The molecule has 0 atom stereocenters. The van der Waals surface area contributed by atoms with Gasteiger partial charge in [-0.15, -0.1) is 0 Å². The minimum atomic E-state index is -0.374. The molecule has 1 N–H and O–H groups in total. The number of rotatable bonds is 3. The Morgan fingerprint density at radius 1 is 1.39 bits per heavy atom. The Kier molecular flexibility index (Phi) is 4.18. The predicted octanol–water partition coefficient (Wildman–Crippen LogP) is 2.18. The van der Waals surface area contributed by atoms with Crippen molar-refractivity contribution in [3.8, 4) is 0 Å². The van der Waals surface area contributed by atoms with Crippen molar-refractivity contribution >= 4 is 50.2 Å². The summed E-state index contributed by atoms with van der Waals surface area (Å²) in [5.41, 5.74) is 0.595. The number of amides is 1. The Morgan fingerprint density at radius 3 is 2.87 bits per heavy atom. The Labute approximate surface area is 144 Å². The standard InChI is InChI=1S/C14H11BrClN5O2/c1-20-13-11(12(15)19-20)14(23)21(7-17-13)6-10(22)18-9-5-3-2-4-8(9)16/h2-5,7H,6H2,1H3,(H,18,22). The molecule has 0 saturated heterocycles. The molecular weight excluding hydrogens is 386 g/mol. The fraction of sp³-hybridized carbons (Fsp3) is 0.143. The zero-order valence-electron chi connectivity index (χ0n) is 12.0. The molecule has 9 heteroatoms. The Balaban J connectivity index is 1.88. The van der Waals surface area contributed by atoms with Crippen LogP contribution in [-0.2, 0) is 18.4 Å². The molecule has 3 rings (SSSR count). The summed E-state index contributed by atoms with van der Waals surface area (Å²) in [5.74, 6) is -0.374.